The lowest BCUT2D eigenvalue weighted by atomic mass is 9.61. The van der Waals surface area contributed by atoms with E-state index in [1.807, 2.05) is 0 Å². The molecule has 5 rings (SSSR count). The summed E-state index contributed by atoms with van der Waals surface area (Å²) >= 11 is 0. The molecule has 3 saturated carbocycles. The van der Waals surface area contributed by atoms with Gasteiger partial charge in [0.25, 0.3) is 0 Å². The maximum atomic E-state index is 13.5. The highest BCUT2D eigenvalue weighted by molar-refractivity contribution is 5.77. The second kappa shape index (κ2) is 7.02. The molecule has 8 atom stereocenters. The van der Waals surface area contributed by atoms with Crippen molar-refractivity contribution in [3.63, 3.8) is 0 Å². The lowest BCUT2D eigenvalue weighted by molar-refractivity contribution is -0.165. The minimum absolute atomic E-state index is 0.0839. The third kappa shape index (κ3) is 3.57. The van der Waals surface area contributed by atoms with Gasteiger partial charge in [-0.2, -0.15) is 0 Å². The van der Waals surface area contributed by atoms with Crippen molar-refractivity contribution in [1.29, 1.82) is 0 Å². The molecule has 0 radical (unpaired) electrons. The predicted molar refractivity (Wildman–Crippen MR) is 102 cm³/mol. The number of rotatable bonds is 5. The minimum atomic E-state index is -0.309. The number of fused-ring (bicyclic) bond motifs is 2. The lowest BCUT2D eigenvalue weighted by Gasteiger charge is -2.42. The van der Waals surface area contributed by atoms with Crippen molar-refractivity contribution in [3.05, 3.63) is 0 Å². The minimum Gasteiger partial charge on any atom is -0.465 e. The number of esters is 1. The molecule has 0 N–H and O–H groups in total. The summed E-state index contributed by atoms with van der Waals surface area (Å²) in [5.74, 6) is 2.21. The Labute approximate surface area is 163 Å². The van der Waals surface area contributed by atoms with Crippen LogP contribution in [0.2, 0.25) is 0 Å². The predicted octanol–water partition coefficient (Wildman–Crippen LogP) is 4.50. The second-order valence-corrected chi connectivity index (χ2v) is 10.4. The molecule has 4 heteroatoms. The number of epoxide rings is 2. The Morgan fingerprint density at radius 2 is 1.67 bits per heavy atom. The average Bonchev–Trinajstić information content (AvgIpc) is 3.56. The fourth-order valence-electron chi connectivity index (χ4n) is 6.50. The summed E-state index contributed by atoms with van der Waals surface area (Å²) in [7, 11) is 0. The van der Waals surface area contributed by atoms with Crippen LogP contribution in [0.5, 0.6) is 0 Å². The highest BCUT2D eigenvalue weighted by Crippen LogP contribution is 2.54. The fourth-order valence-corrected chi connectivity index (χ4v) is 6.50. The summed E-state index contributed by atoms with van der Waals surface area (Å²) in [6, 6.07) is 0. The van der Waals surface area contributed by atoms with Gasteiger partial charge >= 0.3 is 5.97 Å². The molecular weight excluding hydrogens is 340 g/mol. The SMILES string of the molecule is CC1CC2OC2CC1COC(=O)C1(CC2CCCCC2)CC2OC2CC1C. The maximum Gasteiger partial charge on any atom is 0.312 e. The van der Waals surface area contributed by atoms with Gasteiger partial charge in [0, 0.05) is 0 Å². The largest absolute Gasteiger partial charge is 0.465 e. The van der Waals surface area contributed by atoms with Crippen molar-refractivity contribution in [1.82, 2.24) is 0 Å². The first-order valence-corrected chi connectivity index (χ1v) is 11.5. The van der Waals surface area contributed by atoms with Gasteiger partial charge in [0.15, 0.2) is 0 Å². The zero-order valence-corrected chi connectivity index (χ0v) is 17.0. The summed E-state index contributed by atoms with van der Waals surface area (Å²) in [6.07, 6.45) is 13.4. The van der Waals surface area contributed by atoms with Gasteiger partial charge in [-0.25, -0.2) is 0 Å². The van der Waals surface area contributed by atoms with Crippen molar-refractivity contribution in [2.24, 2.45) is 29.1 Å². The molecular formula is C23H36O4. The Hall–Kier alpha value is -0.610. The summed E-state index contributed by atoms with van der Waals surface area (Å²) in [5.41, 5.74) is -0.309. The summed E-state index contributed by atoms with van der Waals surface area (Å²) in [5, 5.41) is 0. The molecule has 152 valence electrons. The van der Waals surface area contributed by atoms with E-state index < -0.39 is 0 Å². The highest BCUT2D eigenvalue weighted by atomic mass is 16.6. The van der Waals surface area contributed by atoms with E-state index in [1.165, 1.54) is 32.1 Å². The monoisotopic (exact) mass is 376 g/mol. The molecule has 0 aromatic rings. The van der Waals surface area contributed by atoms with Crippen LogP contribution in [0.3, 0.4) is 0 Å². The molecule has 0 aromatic heterocycles. The first-order valence-electron chi connectivity index (χ1n) is 11.5. The van der Waals surface area contributed by atoms with Crippen LogP contribution in [-0.4, -0.2) is 37.0 Å². The van der Waals surface area contributed by atoms with Gasteiger partial charge in [0.1, 0.15) is 0 Å². The summed E-state index contributed by atoms with van der Waals surface area (Å²) < 4.78 is 17.6. The van der Waals surface area contributed by atoms with Crippen LogP contribution < -0.4 is 0 Å². The molecule has 2 heterocycles. The normalized spacial score (nSPS) is 49.0. The Kier molecular flexibility index (Phi) is 4.79. The molecule has 2 saturated heterocycles. The molecule has 4 nitrogen and oxygen atoms in total. The van der Waals surface area contributed by atoms with Gasteiger partial charge in [-0.05, 0) is 55.8 Å². The van der Waals surface area contributed by atoms with Crippen molar-refractivity contribution >= 4 is 5.97 Å². The number of ether oxygens (including phenoxy) is 3. The van der Waals surface area contributed by atoms with Crippen molar-refractivity contribution in [3.8, 4) is 0 Å². The van der Waals surface area contributed by atoms with E-state index in [1.54, 1.807) is 0 Å². The number of carbonyl (C=O) groups excluding carboxylic acids is 1. The Morgan fingerprint density at radius 1 is 0.963 bits per heavy atom. The van der Waals surface area contributed by atoms with E-state index in [0.29, 0.717) is 54.7 Å². The quantitative estimate of drug-likeness (QED) is 0.524. The van der Waals surface area contributed by atoms with E-state index in [-0.39, 0.29) is 11.4 Å². The van der Waals surface area contributed by atoms with Crippen LogP contribution in [0.4, 0.5) is 0 Å². The first-order chi connectivity index (χ1) is 13.0. The topological polar surface area (TPSA) is 51.4 Å². The van der Waals surface area contributed by atoms with Crippen LogP contribution in [0.25, 0.3) is 0 Å². The van der Waals surface area contributed by atoms with Gasteiger partial charge in [0.2, 0.25) is 0 Å². The van der Waals surface area contributed by atoms with Gasteiger partial charge in [0.05, 0.1) is 36.4 Å². The molecule has 5 fully saturated rings. The highest BCUT2D eigenvalue weighted by Gasteiger charge is 2.59. The van der Waals surface area contributed by atoms with Crippen LogP contribution in [-0.2, 0) is 19.0 Å². The molecule has 0 amide bonds. The standard InChI is InChI=1S/C23H36O4/c1-14-8-18-20(26-18)10-17(14)13-25-22(24)23(11-16-6-4-3-5-7-16)12-21-19(27-21)9-15(23)2/h14-21H,3-13H2,1-2H3. The third-order valence-electron chi connectivity index (χ3n) is 8.63. The summed E-state index contributed by atoms with van der Waals surface area (Å²) in [6.45, 7) is 5.15. The van der Waals surface area contributed by atoms with Gasteiger partial charge in [-0.15, -0.1) is 0 Å². The van der Waals surface area contributed by atoms with Crippen LogP contribution in [0, 0.1) is 29.1 Å². The molecule has 8 unspecified atom stereocenters. The molecule has 0 spiro atoms. The molecule has 27 heavy (non-hydrogen) atoms. The Morgan fingerprint density at radius 3 is 2.48 bits per heavy atom. The van der Waals surface area contributed by atoms with Crippen LogP contribution >= 0.6 is 0 Å². The molecule has 0 bridgehead atoms. The zero-order chi connectivity index (χ0) is 18.6. The van der Waals surface area contributed by atoms with E-state index >= 15 is 0 Å². The summed E-state index contributed by atoms with van der Waals surface area (Å²) in [4.78, 5) is 13.5. The first kappa shape index (κ1) is 18.4. The Balaban J connectivity index is 1.26. The van der Waals surface area contributed by atoms with Gasteiger partial charge in [-0.3, -0.25) is 4.79 Å². The smallest absolute Gasteiger partial charge is 0.312 e. The van der Waals surface area contributed by atoms with E-state index in [4.69, 9.17) is 14.2 Å². The maximum absolute atomic E-state index is 13.5. The fraction of sp³-hybridized carbons (Fsp3) is 0.957. The zero-order valence-electron chi connectivity index (χ0n) is 17.0. The van der Waals surface area contributed by atoms with E-state index in [9.17, 15) is 4.79 Å². The van der Waals surface area contributed by atoms with Crippen molar-refractivity contribution < 1.29 is 19.0 Å². The van der Waals surface area contributed by atoms with Crippen LogP contribution in [0.1, 0.15) is 78.1 Å². The lowest BCUT2D eigenvalue weighted by Crippen LogP contribution is -2.46. The Bertz CT molecular complexity index is 571. The van der Waals surface area contributed by atoms with Crippen molar-refractivity contribution in [2.75, 3.05) is 6.61 Å². The van der Waals surface area contributed by atoms with Gasteiger partial charge < -0.3 is 14.2 Å². The average molecular weight is 377 g/mol. The van der Waals surface area contributed by atoms with E-state index in [0.717, 1.165) is 32.1 Å². The number of hydrogen-bond acceptors (Lipinski definition) is 4. The van der Waals surface area contributed by atoms with Gasteiger partial charge in [-0.1, -0.05) is 46.0 Å². The second-order valence-electron chi connectivity index (χ2n) is 10.4. The molecule has 0 aromatic carbocycles. The molecule has 3 aliphatic carbocycles. The number of carbonyl (C=O) groups is 1. The number of hydrogen-bond donors (Lipinski definition) is 0. The van der Waals surface area contributed by atoms with Crippen molar-refractivity contribution in [2.45, 2.75) is 102 Å². The molecule has 5 aliphatic rings. The van der Waals surface area contributed by atoms with E-state index in [2.05, 4.69) is 13.8 Å². The van der Waals surface area contributed by atoms with Crippen LogP contribution in [0.15, 0.2) is 0 Å². The third-order valence-corrected chi connectivity index (χ3v) is 8.63. The molecule has 2 aliphatic heterocycles.